The topological polar surface area (TPSA) is 80.3 Å². The van der Waals surface area contributed by atoms with Gasteiger partial charge in [-0.25, -0.2) is 0 Å². The van der Waals surface area contributed by atoms with E-state index >= 15 is 0 Å². The lowest BCUT2D eigenvalue weighted by Crippen LogP contribution is -2.27. The van der Waals surface area contributed by atoms with Gasteiger partial charge in [0.05, 0.1) is 5.69 Å². The predicted octanol–water partition coefficient (Wildman–Crippen LogP) is 2.53. The number of carbonyl (C=O) groups excluding carboxylic acids is 2. The van der Waals surface area contributed by atoms with Crippen molar-refractivity contribution in [3.8, 4) is 0 Å². The summed E-state index contributed by atoms with van der Waals surface area (Å²) in [4.78, 5) is 28.1. The Balaban J connectivity index is 1.51. The molecule has 0 aliphatic carbocycles. The highest BCUT2D eigenvalue weighted by Crippen LogP contribution is 2.16. The van der Waals surface area contributed by atoms with Crippen LogP contribution in [0.3, 0.4) is 0 Å². The van der Waals surface area contributed by atoms with Crippen molar-refractivity contribution in [3.05, 3.63) is 66.0 Å². The number of pyridine rings is 1. The van der Waals surface area contributed by atoms with Crippen LogP contribution < -0.4 is 10.6 Å². The Morgan fingerprint density at radius 2 is 2.15 bits per heavy atom. The average molecular weight is 351 g/mol. The first kappa shape index (κ1) is 17.8. The Morgan fingerprint density at radius 1 is 1.23 bits per heavy atom. The molecule has 2 heterocycles. The average Bonchev–Trinajstić information content (AvgIpc) is 3.21. The summed E-state index contributed by atoms with van der Waals surface area (Å²) >= 11 is 0. The highest BCUT2D eigenvalue weighted by atomic mass is 16.5. The quantitative estimate of drug-likeness (QED) is 0.784. The zero-order valence-electron chi connectivity index (χ0n) is 14.4. The molecule has 6 heteroatoms. The number of aromatic nitrogens is 1. The van der Waals surface area contributed by atoms with Crippen molar-refractivity contribution in [2.45, 2.75) is 25.5 Å². The summed E-state index contributed by atoms with van der Waals surface area (Å²) in [6, 6.07) is 12.9. The third-order valence-corrected chi connectivity index (χ3v) is 3.98. The Hall–Kier alpha value is -2.99. The van der Waals surface area contributed by atoms with Gasteiger partial charge in [0.25, 0.3) is 5.91 Å². The molecule has 3 rings (SSSR count). The minimum atomic E-state index is -0.366. The Labute approximate surface area is 152 Å². The number of benzene rings is 1. The second-order valence-corrected chi connectivity index (χ2v) is 6.00. The number of anilines is 1. The molecule has 1 aliphatic heterocycles. The number of nitrogens with one attached hydrogen (secondary N) is 2. The first-order valence-electron chi connectivity index (χ1n) is 8.59. The Bertz CT molecular complexity index is 784. The van der Waals surface area contributed by atoms with E-state index in [1.807, 2.05) is 42.5 Å². The van der Waals surface area contributed by atoms with Gasteiger partial charge < -0.3 is 15.4 Å². The second kappa shape index (κ2) is 8.92. The Morgan fingerprint density at radius 3 is 2.92 bits per heavy atom. The van der Waals surface area contributed by atoms with E-state index < -0.39 is 0 Å². The van der Waals surface area contributed by atoms with Crippen LogP contribution in [0.15, 0.2) is 54.7 Å². The number of amides is 2. The lowest BCUT2D eigenvalue weighted by molar-refractivity contribution is -0.124. The standard InChI is InChI=1S/C20H21N3O3/c24-19(10-9-16-6-1-2-11-21-16)22-14-15-5-3-7-17(13-15)23-20(25)18-8-4-12-26-18/h1-3,5-7,9-11,13,18H,4,8,12,14H2,(H,22,24)(H,23,25). The van der Waals surface area contributed by atoms with Gasteiger partial charge >= 0.3 is 0 Å². The maximum atomic E-state index is 12.1. The van der Waals surface area contributed by atoms with Gasteiger partial charge in [0.1, 0.15) is 6.10 Å². The zero-order valence-corrected chi connectivity index (χ0v) is 14.4. The maximum absolute atomic E-state index is 12.1. The van der Waals surface area contributed by atoms with Crippen LogP contribution in [0.5, 0.6) is 0 Å². The van der Waals surface area contributed by atoms with Crippen LogP contribution in [0.4, 0.5) is 5.69 Å². The van der Waals surface area contributed by atoms with Crippen LogP contribution in [0.1, 0.15) is 24.1 Å². The van der Waals surface area contributed by atoms with Crippen LogP contribution in [-0.4, -0.2) is 29.5 Å². The Kier molecular flexibility index (Phi) is 6.11. The molecule has 2 N–H and O–H groups in total. The lowest BCUT2D eigenvalue weighted by atomic mass is 10.2. The van der Waals surface area contributed by atoms with Crippen molar-refractivity contribution in [1.82, 2.24) is 10.3 Å². The van der Waals surface area contributed by atoms with E-state index in [2.05, 4.69) is 15.6 Å². The van der Waals surface area contributed by atoms with Crippen molar-refractivity contribution in [1.29, 1.82) is 0 Å². The molecule has 1 aliphatic rings. The molecule has 0 radical (unpaired) electrons. The van der Waals surface area contributed by atoms with E-state index in [0.29, 0.717) is 18.8 Å². The largest absolute Gasteiger partial charge is 0.368 e. The van der Waals surface area contributed by atoms with Crippen LogP contribution >= 0.6 is 0 Å². The summed E-state index contributed by atoms with van der Waals surface area (Å²) in [5, 5.41) is 5.67. The number of hydrogen-bond acceptors (Lipinski definition) is 4. The third-order valence-electron chi connectivity index (χ3n) is 3.98. The van der Waals surface area contributed by atoms with Gasteiger partial charge in [0.2, 0.25) is 5.91 Å². The molecule has 2 amide bonds. The fourth-order valence-electron chi connectivity index (χ4n) is 2.65. The van der Waals surface area contributed by atoms with Crippen LogP contribution in [0, 0.1) is 0 Å². The van der Waals surface area contributed by atoms with E-state index in [1.165, 1.54) is 6.08 Å². The fourth-order valence-corrected chi connectivity index (χ4v) is 2.65. The molecule has 1 aromatic carbocycles. The minimum Gasteiger partial charge on any atom is -0.368 e. The zero-order chi connectivity index (χ0) is 18.2. The predicted molar refractivity (Wildman–Crippen MR) is 99.2 cm³/mol. The highest BCUT2D eigenvalue weighted by molar-refractivity contribution is 5.94. The van der Waals surface area contributed by atoms with Gasteiger partial charge in [0, 0.05) is 31.1 Å². The maximum Gasteiger partial charge on any atom is 0.253 e. The number of carbonyl (C=O) groups is 2. The second-order valence-electron chi connectivity index (χ2n) is 6.00. The molecular weight excluding hydrogens is 330 g/mol. The molecule has 1 aromatic heterocycles. The molecule has 6 nitrogen and oxygen atoms in total. The van der Waals surface area contributed by atoms with Gasteiger partial charge in [-0.15, -0.1) is 0 Å². The SMILES string of the molecule is O=C(C=Cc1ccccn1)NCc1cccc(NC(=O)C2CCCO2)c1. The normalized spacial score (nSPS) is 16.5. The molecule has 0 spiro atoms. The molecule has 134 valence electrons. The molecule has 0 bridgehead atoms. The monoisotopic (exact) mass is 351 g/mol. The van der Waals surface area contributed by atoms with Gasteiger partial charge in [0.15, 0.2) is 0 Å². The number of ether oxygens (including phenoxy) is 1. The fraction of sp³-hybridized carbons (Fsp3) is 0.250. The molecule has 1 saturated heterocycles. The van der Waals surface area contributed by atoms with E-state index in [0.717, 1.165) is 24.1 Å². The van der Waals surface area contributed by atoms with Crippen molar-refractivity contribution in [2.24, 2.45) is 0 Å². The minimum absolute atomic E-state index is 0.123. The van der Waals surface area contributed by atoms with Crippen LogP contribution in [0.25, 0.3) is 6.08 Å². The summed E-state index contributed by atoms with van der Waals surface area (Å²) < 4.78 is 5.38. The summed E-state index contributed by atoms with van der Waals surface area (Å²) in [5.74, 6) is -0.327. The van der Waals surface area contributed by atoms with E-state index in [1.54, 1.807) is 12.3 Å². The summed E-state index contributed by atoms with van der Waals surface area (Å²) in [7, 11) is 0. The summed E-state index contributed by atoms with van der Waals surface area (Å²) in [5.41, 5.74) is 2.32. The van der Waals surface area contributed by atoms with Crippen molar-refractivity contribution >= 4 is 23.6 Å². The first-order valence-corrected chi connectivity index (χ1v) is 8.59. The lowest BCUT2D eigenvalue weighted by Gasteiger charge is -2.11. The molecule has 1 fully saturated rings. The molecule has 1 unspecified atom stereocenters. The van der Waals surface area contributed by atoms with E-state index in [-0.39, 0.29) is 17.9 Å². The van der Waals surface area contributed by atoms with Crippen molar-refractivity contribution < 1.29 is 14.3 Å². The number of rotatable bonds is 6. The van der Waals surface area contributed by atoms with Gasteiger partial charge in [-0.2, -0.15) is 0 Å². The van der Waals surface area contributed by atoms with E-state index in [9.17, 15) is 9.59 Å². The number of nitrogens with zero attached hydrogens (tertiary/aromatic N) is 1. The smallest absolute Gasteiger partial charge is 0.253 e. The van der Waals surface area contributed by atoms with Gasteiger partial charge in [-0.3, -0.25) is 14.6 Å². The van der Waals surface area contributed by atoms with Crippen molar-refractivity contribution in [3.63, 3.8) is 0 Å². The number of hydrogen-bond donors (Lipinski definition) is 2. The molecule has 2 aromatic rings. The molecule has 26 heavy (non-hydrogen) atoms. The van der Waals surface area contributed by atoms with Crippen LogP contribution in [-0.2, 0) is 20.9 Å². The van der Waals surface area contributed by atoms with E-state index in [4.69, 9.17) is 4.74 Å². The highest BCUT2D eigenvalue weighted by Gasteiger charge is 2.23. The molecule has 1 atom stereocenters. The van der Waals surface area contributed by atoms with Crippen molar-refractivity contribution in [2.75, 3.05) is 11.9 Å². The molecule has 0 saturated carbocycles. The van der Waals surface area contributed by atoms with Gasteiger partial charge in [-0.05, 0) is 48.7 Å². The van der Waals surface area contributed by atoms with Gasteiger partial charge in [-0.1, -0.05) is 18.2 Å². The third kappa shape index (κ3) is 5.26. The summed E-state index contributed by atoms with van der Waals surface area (Å²) in [6.45, 7) is 1.01. The first-order chi connectivity index (χ1) is 12.7. The summed E-state index contributed by atoms with van der Waals surface area (Å²) in [6.07, 6.45) is 6.09. The molecular formula is C20H21N3O3. The van der Waals surface area contributed by atoms with Crippen LogP contribution in [0.2, 0.25) is 0 Å².